The second kappa shape index (κ2) is 7.01. The van der Waals surface area contributed by atoms with E-state index in [-0.39, 0.29) is 24.5 Å². The molecule has 1 aliphatic rings. The maximum absolute atomic E-state index is 12.4. The largest absolute Gasteiger partial charge is 0.481 e. The molecule has 1 saturated heterocycles. The van der Waals surface area contributed by atoms with Gasteiger partial charge in [-0.1, -0.05) is 36.7 Å². The van der Waals surface area contributed by atoms with Crippen LogP contribution in [0.5, 0.6) is 0 Å². The number of halogens is 1. The highest BCUT2D eigenvalue weighted by atomic mass is 35.5. The predicted molar refractivity (Wildman–Crippen MR) is 84.9 cm³/mol. The first kappa shape index (κ1) is 16.6. The van der Waals surface area contributed by atoms with Crippen LogP contribution in [0.25, 0.3) is 0 Å². The Kier molecular flexibility index (Phi) is 5.29. The molecule has 0 saturated carbocycles. The van der Waals surface area contributed by atoms with Crippen molar-refractivity contribution in [2.75, 3.05) is 13.1 Å². The van der Waals surface area contributed by atoms with Crippen molar-refractivity contribution in [3.63, 3.8) is 0 Å². The van der Waals surface area contributed by atoms with E-state index in [2.05, 4.69) is 5.32 Å². The lowest BCUT2D eigenvalue weighted by atomic mass is 9.91. The average molecular weight is 325 g/mol. The van der Waals surface area contributed by atoms with E-state index < -0.39 is 11.9 Å². The van der Waals surface area contributed by atoms with Gasteiger partial charge in [-0.2, -0.15) is 0 Å². The van der Waals surface area contributed by atoms with Crippen LogP contribution in [0.1, 0.15) is 31.9 Å². The Hall–Kier alpha value is -1.75. The van der Waals surface area contributed by atoms with Crippen molar-refractivity contribution >= 4 is 23.6 Å². The van der Waals surface area contributed by atoms with Crippen LogP contribution in [0.2, 0.25) is 5.02 Å². The van der Waals surface area contributed by atoms with E-state index in [0.717, 1.165) is 5.56 Å². The number of carbonyl (C=O) groups is 2. The first-order valence-corrected chi connectivity index (χ1v) is 7.79. The molecule has 0 aromatic heterocycles. The van der Waals surface area contributed by atoms with Crippen molar-refractivity contribution in [2.24, 2.45) is 11.8 Å². The fourth-order valence-corrected chi connectivity index (χ4v) is 3.18. The Morgan fingerprint density at radius 3 is 2.68 bits per heavy atom. The minimum atomic E-state index is -0.844. The van der Waals surface area contributed by atoms with Gasteiger partial charge in [0.1, 0.15) is 0 Å². The van der Waals surface area contributed by atoms with Gasteiger partial charge >= 0.3 is 12.0 Å². The Bertz CT molecular complexity index is 564. The number of carboxylic acid groups (broad SMARTS) is 1. The molecule has 5 nitrogen and oxygen atoms in total. The smallest absolute Gasteiger partial charge is 0.317 e. The SMILES string of the molecule is CC1CC(C(=O)O)CN(C(=O)N[C@H](C)c2ccccc2Cl)C1. The fourth-order valence-electron chi connectivity index (χ4n) is 2.88. The van der Waals surface area contributed by atoms with Gasteiger partial charge < -0.3 is 15.3 Å². The number of hydrogen-bond acceptors (Lipinski definition) is 2. The van der Waals surface area contributed by atoms with Gasteiger partial charge in [0.15, 0.2) is 0 Å². The molecule has 1 aromatic rings. The number of likely N-dealkylation sites (tertiary alicyclic amines) is 1. The summed E-state index contributed by atoms with van der Waals surface area (Å²) in [5.41, 5.74) is 0.845. The molecular formula is C16H21ClN2O3. The normalized spacial score (nSPS) is 23.0. The molecule has 2 unspecified atom stereocenters. The zero-order valence-electron chi connectivity index (χ0n) is 12.8. The van der Waals surface area contributed by atoms with Crippen LogP contribution in [0.4, 0.5) is 4.79 Å². The molecule has 1 fully saturated rings. The molecule has 0 spiro atoms. The van der Waals surface area contributed by atoms with Crippen molar-refractivity contribution in [1.29, 1.82) is 0 Å². The lowest BCUT2D eigenvalue weighted by Gasteiger charge is -2.35. The molecule has 2 N–H and O–H groups in total. The molecule has 22 heavy (non-hydrogen) atoms. The standard InChI is InChI=1S/C16H21ClN2O3/c1-10-7-12(15(20)21)9-19(8-10)16(22)18-11(2)13-5-3-4-6-14(13)17/h3-6,10-12H,7-9H2,1-2H3,(H,18,22)(H,20,21)/t10?,11-,12?/m1/s1. The third-order valence-corrected chi connectivity index (χ3v) is 4.35. The first-order chi connectivity index (χ1) is 10.4. The van der Waals surface area contributed by atoms with Gasteiger partial charge in [0.05, 0.1) is 12.0 Å². The number of urea groups is 1. The maximum Gasteiger partial charge on any atom is 0.317 e. The Labute approximate surface area is 135 Å². The minimum absolute atomic E-state index is 0.177. The van der Waals surface area contributed by atoms with Gasteiger partial charge in [0.2, 0.25) is 0 Å². The highest BCUT2D eigenvalue weighted by Gasteiger charge is 2.32. The van der Waals surface area contributed by atoms with Crippen molar-refractivity contribution in [2.45, 2.75) is 26.3 Å². The summed E-state index contributed by atoms with van der Waals surface area (Å²) in [5.74, 6) is -1.16. The number of hydrogen-bond donors (Lipinski definition) is 2. The summed E-state index contributed by atoms with van der Waals surface area (Å²) in [7, 11) is 0. The van der Waals surface area contributed by atoms with E-state index >= 15 is 0 Å². The van der Waals surface area contributed by atoms with E-state index in [0.29, 0.717) is 18.0 Å². The number of carboxylic acids is 1. The molecule has 3 atom stereocenters. The molecular weight excluding hydrogens is 304 g/mol. The zero-order chi connectivity index (χ0) is 16.3. The van der Waals surface area contributed by atoms with Gasteiger partial charge in [0.25, 0.3) is 0 Å². The number of nitrogens with one attached hydrogen (secondary N) is 1. The maximum atomic E-state index is 12.4. The average Bonchev–Trinajstić information content (AvgIpc) is 2.46. The molecule has 1 heterocycles. The topological polar surface area (TPSA) is 69.6 Å². The number of rotatable bonds is 3. The van der Waals surface area contributed by atoms with Gasteiger partial charge in [0, 0.05) is 18.1 Å². The fraction of sp³-hybridized carbons (Fsp3) is 0.500. The lowest BCUT2D eigenvalue weighted by molar-refractivity contribution is -0.143. The molecule has 0 radical (unpaired) electrons. The third-order valence-electron chi connectivity index (χ3n) is 4.01. The summed E-state index contributed by atoms with van der Waals surface area (Å²) < 4.78 is 0. The number of carbonyl (C=O) groups excluding carboxylic acids is 1. The highest BCUT2D eigenvalue weighted by molar-refractivity contribution is 6.31. The van der Waals surface area contributed by atoms with E-state index in [9.17, 15) is 14.7 Å². The van der Waals surface area contributed by atoms with Gasteiger partial charge in [-0.05, 0) is 30.9 Å². The molecule has 0 bridgehead atoms. The van der Waals surface area contributed by atoms with Crippen molar-refractivity contribution < 1.29 is 14.7 Å². The van der Waals surface area contributed by atoms with E-state index in [1.807, 2.05) is 32.0 Å². The van der Waals surface area contributed by atoms with Crippen molar-refractivity contribution in [1.82, 2.24) is 10.2 Å². The van der Waals surface area contributed by atoms with Gasteiger partial charge in [-0.3, -0.25) is 4.79 Å². The molecule has 1 aliphatic heterocycles. The van der Waals surface area contributed by atoms with Crippen molar-refractivity contribution in [3.05, 3.63) is 34.9 Å². The summed E-state index contributed by atoms with van der Waals surface area (Å²) in [6.07, 6.45) is 0.610. The van der Waals surface area contributed by atoms with Gasteiger partial charge in [-0.15, -0.1) is 0 Å². The van der Waals surface area contributed by atoms with Crippen LogP contribution in [0.3, 0.4) is 0 Å². The number of benzene rings is 1. The van der Waals surface area contributed by atoms with E-state index in [1.54, 1.807) is 11.0 Å². The molecule has 2 amide bonds. The van der Waals surface area contributed by atoms with Crippen LogP contribution in [0.15, 0.2) is 24.3 Å². The molecule has 2 rings (SSSR count). The van der Waals surface area contributed by atoms with Crippen LogP contribution < -0.4 is 5.32 Å². The lowest BCUT2D eigenvalue weighted by Crippen LogP contribution is -2.49. The number of aliphatic carboxylic acids is 1. The van der Waals surface area contributed by atoms with Crippen molar-refractivity contribution in [3.8, 4) is 0 Å². The van der Waals surface area contributed by atoms with E-state index in [1.165, 1.54) is 0 Å². The third kappa shape index (κ3) is 3.91. The van der Waals surface area contributed by atoms with Crippen LogP contribution >= 0.6 is 11.6 Å². The summed E-state index contributed by atoms with van der Waals surface area (Å²) >= 11 is 6.13. The molecule has 120 valence electrons. The molecule has 0 aliphatic carbocycles. The molecule has 6 heteroatoms. The Morgan fingerprint density at radius 1 is 1.36 bits per heavy atom. The number of nitrogens with zero attached hydrogens (tertiary/aromatic N) is 1. The van der Waals surface area contributed by atoms with E-state index in [4.69, 9.17) is 11.6 Å². The minimum Gasteiger partial charge on any atom is -0.481 e. The van der Waals surface area contributed by atoms with Crippen LogP contribution in [-0.4, -0.2) is 35.1 Å². The number of amides is 2. The number of piperidine rings is 1. The van der Waals surface area contributed by atoms with Crippen LogP contribution in [0, 0.1) is 11.8 Å². The van der Waals surface area contributed by atoms with Gasteiger partial charge in [-0.25, -0.2) is 4.79 Å². The molecule has 1 aromatic carbocycles. The monoisotopic (exact) mass is 324 g/mol. The second-order valence-corrected chi connectivity index (χ2v) is 6.38. The first-order valence-electron chi connectivity index (χ1n) is 7.41. The second-order valence-electron chi connectivity index (χ2n) is 5.97. The predicted octanol–water partition coefficient (Wildman–Crippen LogP) is 3.15. The van der Waals surface area contributed by atoms with Crippen LogP contribution in [-0.2, 0) is 4.79 Å². The summed E-state index contributed by atoms with van der Waals surface area (Å²) in [4.78, 5) is 25.1. The summed E-state index contributed by atoms with van der Waals surface area (Å²) in [5, 5.41) is 12.7. The Balaban J connectivity index is 2.02. The quantitative estimate of drug-likeness (QED) is 0.897. The zero-order valence-corrected chi connectivity index (χ0v) is 13.5. The Morgan fingerprint density at radius 2 is 2.05 bits per heavy atom. The summed E-state index contributed by atoms with van der Waals surface area (Å²) in [6, 6.07) is 6.87. The summed E-state index contributed by atoms with van der Waals surface area (Å²) in [6.45, 7) is 4.65. The highest BCUT2D eigenvalue weighted by Crippen LogP contribution is 2.24.